The summed E-state index contributed by atoms with van der Waals surface area (Å²) in [6, 6.07) is 2.15. The van der Waals surface area contributed by atoms with Gasteiger partial charge in [-0.15, -0.1) is 0 Å². The second kappa shape index (κ2) is 5.78. The highest BCUT2D eigenvalue weighted by atomic mass is 14.9. The zero-order valence-electron chi connectivity index (χ0n) is 8.29. The SMILES string of the molecule is CCn1ccc(CNCCCN)c1. The largest absolute Gasteiger partial charge is 0.354 e. The lowest BCUT2D eigenvalue weighted by atomic mass is 10.3. The molecule has 1 heterocycles. The van der Waals surface area contributed by atoms with Crippen molar-refractivity contribution in [3.63, 3.8) is 0 Å². The molecule has 1 rings (SSSR count). The fourth-order valence-electron chi connectivity index (χ4n) is 1.25. The van der Waals surface area contributed by atoms with E-state index in [1.165, 1.54) is 5.56 Å². The molecule has 0 saturated heterocycles. The summed E-state index contributed by atoms with van der Waals surface area (Å²) in [4.78, 5) is 0. The zero-order valence-corrected chi connectivity index (χ0v) is 8.29. The van der Waals surface area contributed by atoms with Crippen LogP contribution in [-0.4, -0.2) is 17.7 Å². The number of rotatable bonds is 6. The molecule has 0 spiro atoms. The minimum atomic E-state index is 0.767. The van der Waals surface area contributed by atoms with E-state index < -0.39 is 0 Å². The van der Waals surface area contributed by atoms with Gasteiger partial charge < -0.3 is 15.6 Å². The molecule has 3 heteroatoms. The first-order valence-electron chi connectivity index (χ1n) is 4.92. The van der Waals surface area contributed by atoms with Gasteiger partial charge in [0.05, 0.1) is 0 Å². The maximum Gasteiger partial charge on any atom is 0.0220 e. The number of aryl methyl sites for hydroxylation is 1. The van der Waals surface area contributed by atoms with Crippen LogP contribution in [0.25, 0.3) is 0 Å². The predicted molar refractivity (Wildman–Crippen MR) is 55.5 cm³/mol. The van der Waals surface area contributed by atoms with Gasteiger partial charge in [-0.05, 0) is 38.1 Å². The Labute approximate surface area is 79.9 Å². The lowest BCUT2D eigenvalue weighted by Gasteiger charge is -2.00. The molecular formula is C10H19N3. The van der Waals surface area contributed by atoms with Crippen LogP contribution in [0.2, 0.25) is 0 Å². The normalized spacial score (nSPS) is 10.6. The highest BCUT2D eigenvalue weighted by Crippen LogP contribution is 2.00. The minimum absolute atomic E-state index is 0.767. The summed E-state index contributed by atoms with van der Waals surface area (Å²) >= 11 is 0. The minimum Gasteiger partial charge on any atom is -0.354 e. The quantitative estimate of drug-likeness (QED) is 0.642. The van der Waals surface area contributed by atoms with Crippen LogP contribution in [0.5, 0.6) is 0 Å². The molecule has 1 aromatic heterocycles. The van der Waals surface area contributed by atoms with Crippen molar-refractivity contribution in [1.82, 2.24) is 9.88 Å². The van der Waals surface area contributed by atoms with Crippen LogP contribution in [0.3, 0.4) is 0 Å². The Kier molecular flexibility index (Phi) is 4.57. The monoisotopic (exact) mass is 181 g/mol. The standard InChI is InChI=1S/C10H19N3/c1-2-13-7-4-10(9-13)8-12-6-3-5-11/h4,7,9,12H,2-3,5-6,8,11H2,1H3. The summed E-state index contributed by atoms with van der Waals surface area (Å²) in [5.41, 5.74) is 6.74. The summed E-state index contributed by atoms with van der Waals surface area (Å²) < 4.78 is 2.18. The molecule has 13 heavy (non-hydrogen) atoms. The molecule has 0 atom stereocenters. The molecule has 0 saturated carbocycles. The van der Waals surface area contributed by atoms with Crippen molar-refractivity contribution in [2.24, 2.45) is 5.73 Å². The summed E-state index contributed by atoms with van der Waals surface area (Å²) in [7, 11) is 0. The number of nitrogens with one attached hydrogen (secondary N) is 1. The maximum atomic E-state index is 5.39. The van der Waals surface area contributed by atoms with Gasteiger partial charge in [0.2, 0.25) is 0 Å². The zero-order chi connectivity index (χ0) is 9.52. The number of nitrogens with two attached hydrogens (primary N) is 1. The van der Waals surface area contributed by atoms with Crippen molar-refractivity contribution in [2.75, 3.05) is 13.1 Å². The van der Waals surface area contributed by atoms with Crippen LogP contribution >= 0.6 is 0 Å². The Morgan fingerprint density at radius 1 is 1.54 bits per heavy atom. The molecule has 1 aromatic rings. The van der Waals surface area contributed by atoms with Gasteiger partial charge in [-0.1, -0.05) is 0 Å². The summed E-state index contributed by atoms with van der Waals surface area (Å²) in [5, 5.41) is 3.35. The van der Waals surface area contributed by atoms with E-state index in [-0.39, 0.29) is 0 Å². The molecule has 0 fully saturated rings. The fraction of sp³-hybridized carbons (Fsp3) is 0.600. The third kappa shape index (κ3) is 3.61. The van der Waals surface area contributed by atoms with Crippen LogP contribution < -0.4 is 11.1 Å². The molecule has 0 bridgehead atoms. The molecule has 3 nitrogen and oxygen atoms in total. The van der Waals surface area contributed by atoms with Gasteiger partial charge in [0.25, 0.3) is 0 Å². The number of hydrogen-bond acceptors (Lipinski definition) is 2. The van der Waals surface area contributed by atoms with E-state index in [0.717, 1.165) is 32.6 Å². The molecule has 74 valence electrons. The van der Waals surface area contributed by atoms with E-state index in [1.807, 2.05) is 0 Å². The Morgan fingerprint density at radius 2 is 2.38 bits per heavy atom. The van der Waals surface area contributed by atoms with Gasteiger partial charge in [0.15, 0.2) is 0 Å². The molecule has 0 amide bonds. The van der Waals surface area contributed by atoms with E-state index >= 15 is 0 Å². The molecule has 3 N–H and O–H groups in total. The van der Waals surface area contributed by atoms with Crippen LogP contribution in [0.1, 0.15) is 18.9 Å². The van der Waals surface area contributed by atoms with Crippen molar-refractivity contribution in [1.29, 1.82) is 0 Å². The lowest BCUT2D eigenvalue weighted by Crippen LogP contribution is -2.17. The Bertz CT molecular complexity index is 230. The van der Waals surface area contributed by atoms with Gasteiger partial charge in [0, 0.05) is 25.5 Å². The molecule has 0 aliphatic rings. The van der Waals surface area contributed by atoms with Gasteiger partial charge in [-0.2, -0.15) is 0 Å². The number of aromatic nitrogens is 1. The van der Waals surface area contributed by atoms with Crippen LogP contribution in [-0.2, 0) is 13.1 Å². The van der Waals surface area contributed by atoms with E-state index in [9.17, 15) is 0 Å². The first kappa shape index (κ1) is 10.3. The molecule has 0 radical (unpaired) electrons. The molecule has 0 aliphatic carbocycles. The fourth-order valence-corrected chi connectivity index (χ4v) is 1.25. The van der Waals surface area contributed by atoms with Crippen LogP contribution in [0.15, 0.2) is 18.5 Å². The van der Waals surface area contributed by atoms with Crippen LogP contribution in [0, 0.1) is 0 Å². The van der Waals surface area contributed by atoms with Gasteiger partial charge in [-0.3, -0.25) is 0 Å². The highest BCUT2D eigenvalue weighted by molar-refractivity contribution is 5.09. The first-order valence-corrected chi connectivity index (χ1v) is 4.92. The summed E-state index contributed by atoms with van der Waals surface area (Å²) in [6.07, 6.45) is 5.34. The number of nitrogens with zero attached hydrogens (tertiary/aromatic N) is 1. The van der Waals surface area contributed by atoms with Crippen molar-refractivity contribution in [3.05, 3.63) is 24.0 Å². The predicted octanol–water partition coefficient (Wildman–Crippen LogP) is 0.946. The van der Waals surface area contributed by atoms with E-state index in [4.69, 9.17) is 5.73 Å². The summed E-state index contributed by atoms with van der Waals surface area (Å²) in [5.74, 6) is 0. The Morgan fingerprint density at radius 3 is 3.00 bits per heavy atom. The molecule has 0 aromatic carbocycles. The number of hydrogen-bond donors (Lipinski definition) is 2. The van der Waals surface area contributed by atoms with Gasteiger partial charge in [-0.25, -0.2) is 0 Å². The average molecular weight is 181 g/mol. The topological polar surface area (TPSA) is 43.0 Å². The lowest BCUT2D eigenvalue weighted by molar-refractivity contribution is 0.653. The first-order chi connectivity index (χ1) is 6.36. The van der Waals surface area contributed by atoms with E-state index in [1.54, 1.807) is 0 Å². The second-order valence-corrected chi connectivity index (χ2v) is 3.17. The van der Waals surface area contributed by atoms with E-state index in [0.29, 0.717) is 0 Å². The van der Waals surface area contributed by atoms with Crippen molar-refractivity contribution in [3.8, 4) is 0 Å². The Hall–Kier alpha value is -0.800. The Balaban J connectivity index is 2.20. The van der Waals surface area contributed by atoms with Crippen molar-refractivity contribution in [2.45, 2.75) is 26.4 Å². The molecule has 0 aliphatic heterocycles. The molecular weight excluding hydrogens is 162 g/mol. The third-order valence-corrected chi connectivity index (χ3v) is 2.06. The molecule has 0 unspecified atom stereocenters. The van der Waals surface area contributed by atoms with Crippen molar-refractivity contribution >= 4 is 0 Å². The smallest absolute Gasteiger partial charge is 0.0220 e. The van der Waals surface area contributed by atoms with Gasteiger partial charge in [0.1, 0.15) is 0 Å². The maximum absolute atomic E-state index is 5.39. The van der Waals surface area contributed by atoms with Gasteiger partial charge >= 0.3 is 0 Å². The van der Waals surface area contributed by atoms with E-state index in [2.05, 4.69) is 35.3 Å². The highest BCUT2D eigenvalue weighted by Gasteiger charge is 1.94. The van der Waals surface area contributed by atoms with Crippen LogP contribution in [0.4, 0.5) is 0 Å². The van der Waals surface area contributed by atoms with Crippen molar-refractivity contribution < 1.29 is 0 Å². The third-order valence-electron chi connectivity index (χ3n) is 2.06. The average Bonchev–Trinajstić information content (AvgIpc) is 2.60. The second-order valence-electron chi connectivity index (χ2n) is 3.17. The summed E-state index contributed by atoms with van der Waals surface area (Å²) in [6.45, 7) is 5.91.